The summed E-state index contributed by atoms with van der Waals surface area (Å²) in [5.41, 5.74) is 1.02. The first-order valence-electron chi connectivity index (χ1n) is 7.33. The molecule has 116 valence electrons. The number of piperazine rings is 1. The lowest BCUT2D eigenvalue weighted by molar-refractivity contribution is 0.190. The second kappa shape index (κ2) is 6.72. The van der Waals surface area contributed by atoms with Crippen molar-refractivity contribution in [2.45, 2.75) is 6.04 Å². The summed E-state index contributed by atoms with van der Waals surface area (Å²) in [6, 6.07) is 7.97. The predicted molar refractivity (Wildman–Crippen MR) is 84.5 cm³/mol. The van der Waals surface area contributed by atoms with Crippen molar-refractivity contribution in [2.24, 2.45) is 0 Å². The van der Waals surface area contributed by atoms with Gasteiger partial charge in [0.1, 0.15) is 5.75 Å². The number of benzene rings is 1. The Bertz CT molecular complexity index is 653. The van der Waals surface area contributed by atoms with Crippen molar-refractivity contribution in [1.29, 1.82) is 0 Å². The zero-order valence-corrected chi connectivity index (χ0v) is 12.8. The molecular formula is C16H20N4O2. The van der Waals surface area contributed by atoms with Crippen LogP contribution >= 0.6 is 0 Å². The molecule has 0 aliphatic carbocycles. The molecule has 2 heterocycles. The van der Waals surface area contributed by atoms with Crippen molar-refractivity contribution in [2.75, 3.05) is 33.8 Å². The molecular weight excluding hydrogens is 280 g/mol. The van der Waals surface area contributed by atoms with Gasteiger partial charge < -0.3 is 14.6 Å². The number of hydrogen-bond donors (Lipinski definition) is 1. The molecule has 0 saturated carbocycles. The van der Waals surface area contributed by atoms with Crippen molar-refractivity contribution >= 4 is 12.2 Å². The number of aromatic nitrogens is 2. The van der Waals surface area contributed by atoms with E-state index >= 15 is 0 Å². The van der Waals surface area contributed by atoms with Gasteiger partial charge in [-0.1, -0.05) is 17.3 Å². The number of methoxy groups -OCH3 is 1. The zero-order chi connectivity index (χ0) is 15.4. The highest BCUT2D eigenvalue weighted by Crippen LogP contribution is 2.19. The van der Waals surface area contributed by atoms with Crippen LogP contribution in [0.15, 0.2) is 28.8 Å². The number of ether oxygens (including phenoxy) is 1. The van der Waals surface area contributed by atoms with E-state index < -0.39 is 0 Å². The van der Waals surface area contributed by atoms with Crippen molar-refractivity contribution in [3.05, 3.63) is 41.5 Å². The average Bonchev–Trinajstić information content (AvgIpc) is 3.02. The molecule has 0 radical (unpaired) electrons. The van der Waals surface area contributed by atoms with E-state index in [2.05, 4.69) is 27.4 Å². The maximum atomic E-state index is 5.31. The summed E-state index contributed by atoms with van der Waals surface area (Å²) < 4.78 is 10.5. The second-order valence-electron chi connectivity index (χ2n) is 5.30. The van der Waals surface area contributed by atoms with Gasteiger partial charge in [-0.3, -0.25) is 4.90 Å². The van der Waals surface area contributed by atoms with Gasteiger partial charge in [0.25, 0.3) is 5.89 Å². The molecule has 22 heavy (non-hydrogen) atoms. The van der Waals surface area contributed by atoms with Gasteiger partial charge in [-0.2, -0.15) is 4.98 Å². The van der Waals surface area contributed by atoms with Crippen LogP contribution < -0.4 is 10.1 Å². The Hall–Kier alpha value is -2.18. The van der Waals surface area contributed by atoms with Crippen LogP contribution in [0.3, 0.4) is 0 Å². The van der Waals surface area contributed by atoms with Gasteiger partial charge in [0.05, 0.1) is 13.2 Å². The molecule has 1 fully saturated rings. The molecule has 1 aliphatic heterocycles. The van der Waals surface area contributed by atoms with Crippen LogP contribution in [0.1, 0.15) is 23.3 Å². The first-order chi connectivity index (χ1) is 10.8. The summed E-state index contributed by atoms with van der Waals surface area (Å²) in [5.74, 6) is 2.06. The molecule has 1 unspecified atom stereocenters. The summed E-state index contributed by atoms with van der Waals surface area (Å²) in [6.45, 7) is 2.82. The van der Waals surface area contributed by atoms with Crippen LogP contribution in [0.25, 0.3) is 12.2 Å². The largest absolute Gasteiger partial charge is 0.497 e. The van der Waals surface area contributed by atoms with E-state index in [0.29, 0.717) is 5.89 Å². The summed E-state index contributed by atoms with van der Waals surface area (Å²) in [5, 5.41) is 7.44. The van der Waals surface area contributed by atoms with Crippen LogP contribution in [0.5, 0.6) is 5.75 Å². The maximum absolute atomic E-state index is 5.31. The zero-order valence-electron chi connectivity index (χ0n) is 12.8. The molecule has 3 rings (SSSR count). The van der Waals surface area contributed by atoms with Gasteiger partial charge >= 0.3 is 0 Å². The monoisotopic (exact) mass is 300 g/mol. The fourth-order valence-electron chi connectivity index (χ4n) is 2.46. The molecule has 0 amide bonds. The normalized spacial score (nSPS) is 19.6. The number of likely N-dealkylation sites (N-methyl/N-ethyl adjacent to an activating group) is 1. The highest BCUT2D eigenvalue weighted by molar-refractivity contribution is 5.66. The van der Waals surface area contributed by atoms with Gasteiger partial charge in [0.15, 0.2) is 5.82 Å². The Morgan fingerprint density at radius 1 is 1.41 bits per heavy atom. The maximum Gasteiger partial charge on any atom is 0.250 e. The summed E-state index contributed by atoms with van der Waals surface area (Å²) in [6.07, 6.45) is 3.75. The summed E-state index contributed by atoms with van der Waals surface area (Å²) in [4.78, 5) is 6.70. The van der Waals surface area contributed by atoms with E-state index in [4.69, 9.17) is 9.26 Å². The number of hydrogen-bond acceptors (Lipinski definition) is 6. The lowest BCUT2D eigenvalue weighted by Gasteiger charge is -2.30. The van der Waals surface area contributed by atoms with Crippen molar-refractivity contribution in [1.82, 2.24) is 20.4 Å². The van der Waals surface area contributed by atoms with Crippen LogP contribution in [0, 0.1) is 0 Å². The first kappa shape index (κ1) is 14.7. The Kier molecular flexibility index (Phi) is 4.50. The SMILES string of the molecule is COc1cccc(/C=C/c2nc(C3CNCCN3C)no2)c1. The van der Waals surface area contributed by atoms with Crippen LogP contribution in [-0.4, -0.2) is 48.8 Å². The molecule has 6 nitrogen and oxygen atoms in total. The van der Waals surface area contributed by atoms with Crippen molar-refractivity contribution in [3.63, 3.8) is 0 Å². The highest BCUT2D eigenvalue weighted by Gasteiger charge is 2.24. The minimum atomic E-state index is 0.163. The minimum absolute atomic E-state index is 0.163. The molecule has 1 saturated heterocycles. The predicted octanol–water partition coefficient (Wildman–Crippen LogP) is 1.82. The minimum Gasteiger partial charge on any atom is -0.497 e. The van der Waals surface area contributed by atoms with Gasteiger partial charge in [0.2, 0.25) is 0 Å². The number of nitrogens with zero attached hydrogens (tertiary/aromatic N) is 3. The van der Waals surface area contributed by atoms with E-state index in [0.717, 1.165) is 36.8 Å². The third-order valence-electron chi connectivity index (χ3n) is 3.78. The third kappa shape index (κ3) is 3.35. The molecule has 1 N–H and O–H groups in total. The first-order valence-corrected chi connectivity index (χ1v) is 7.33. The fourth-order valence-corrected chi connectivity index (χ4v) is 2.46. The molecule has 1 atom stereocenters. The lowest BCUT2D eigenvalue weighted by atomic mass is 10.2. The highest BCUT2D eigenvalue weighted by atomic mass is 16.5. The van der Waals surface area contributed by atoms with E-state index in [1.807, 2.05) is 36.4 Å². The van der Waals surface area contributed by atoms with Gasteiger partial charge in [-0.25, -0.2) is 0 Å². The Balaban J connectivity index is 1.72. The van der Waals surface area contributed by atoms with Crippen LogP contribution in [0.4, 0.5) is 0 Å². The van der Waals surface area contributed by atoms with E-state index in [1.54, 1.807) is 7.11 Å². The van der Waals surface area contributed by atoms with Gasteiger partial charge in [-0.15, -0.1) is 0 Å². The molecule has 0 spiro atoms. The molecule has 1 aromatic heterocycles. The average molecular weight is 300 g/mol. The number of nitrogens with one attached hydrogen (secondary N) is 1. The number of rotatable bonds is 4. The van der Waals surface area contributed by atoms with Crippen LogP contribution in [0.2, 0.25) is 0 Å². The van der Waals surface area contributed by atoms with E-state index in [9.17, 15) is 0 Å². The molecule has 0 bridgehead atoms. The molecule has 2 aromatic rings. The standard InChI is InChI=1S/C16H20N4O2/c1-20-9-8-17-11-14(20)16-18-15(22-19-16)7-6-12-4-3-5-13(10-12)21-2/h3-7,10,14,17H,8-9,11H2,1-2H3/b7-6+. The molecule has 1 aromatic carbocycles. The van der Waals surface area contributed by atoms with Gasteiger partial charge in [-0.05, 0) is 30.8 Å². The smallest absolute Gasteiger partial charge is 0.250 e. The summed E-state index contributed by atoms with van der Waals surface area (Å²) in [7, 11) is 3.73. The molecule has 6 heteroatoms. The Labute approximate surface area is 129 Å². The fraction of sp³-hybridized carbons (Fsp3) is 0.375. The van der Waals surface area contributed by atoms with Crippen molar-refractivity contribution in [3.8, 4) is 5.75 Å². The lowest BCUT2D eigenvalue weighted by Crippen LogP contribution is -2.44. The topological polar surface area (TPSA) is 63.4 Å². The van der Waals surface area contributed by atoms with E-state index in [-0.39, 0.29) is 6.04 Å². The van der Waals surface area contributed by atoms with Crippen molar-refractivity contribution < 1.29 is 9.26 Å². The van der Waals surface area contributed by atoms with E-state index in [1.165, 1.54) is 0 Å². The molecule has 1 aliphatic rings. The quantitative estimate of drug-likeness (QED) is 0.929. The Morgan fingerprint density at radius 3 is 3.14 bits per heavy atom. The second-order valence-corrected chi connectivity index (χ2v) is 5.30. The Morgan fingerprint density at radius 2 is 2.32 bits per heavy atom. The summed E-state index contributed by atoms with van der Waals surface area (Å²) >= 11 is 0. The van der Waals surface area contributed by atoms with Gasteiger partial charge in [0, 0.05) is 25.7 Å². The van der Waals surface area contributed by atoms with Crippen LogP contribution in [-0.2, 0) is 0 Å². The third-order valence-corrected chi connectivity index (χ3v) is 3.78.